The number of morpholine rings is 1. The normalized spacial score (nSPS) is 22.4. The summed E-state index contributed by atoms with van der Waals surface area (Å²) in [6, 6.07) is 1.87. The van der Waals surface area contributed by atoms with Crippen LogP contribution in [0.2, 0.25) is 0 Å². The van der Waals surface area contributed by atoms with Crippen LogP contribution in [0.3, 0.4) is 0 Å². The van der Waals surface area contributed by atoms with Gasteiger partial charge in [-0.2, -0.15) is 4.98 Å². The summed E-state index contributed by atoms with van der Waals surface area (Å²) in [5, 5.41) is 0.814. The van der Waals surface area contributed by atoms with E-state index in [9.17, 15) is 0 Å². The second-order valence-electron chi connectivity index (χ2n) is 5.35. The van der Waals surface area contributed by atoms with Gasteiger partial charge in [0, 0.05) is 24.5 Å². The van der Waals surface area contributed by atoms with Gasteiger partial charge in [0.15, 0.2) is 0 Å². The van der Waals surface area contributed by atoms with Gasteiger partial charge in [0.1, 0.15) is 11.6 Å². The first-order valence-electron chi connectivity index (χ1n) is 6.32. The molecule has 0 N–H and O–H groups in total. The Labute approximate surface area is 122 Å². The summed E-state index contributed by atoms with van der Waals surface area (Å²) in [7, 11) is 1.62. The topological polar surface area (TPSA) is 47.5 Å². The molecule has 0 saturated carbocycles. The molecule has 1 atom stereocenters. The van der Waals surface area contributed by atoms with Crippen LogP contribution in [-0.2, 0) is 4.74 Å². The van der Waals surface area contributed by atoms with Gasteiger partial charge in [-0.1, -0.05) is 15.9 Å². The fourth-order valence-electron chi connectivity index (χ4n) is 2.34. The molecule has 1 aliphatic rings. The standard InChI is InChI=1S/C13H20BrN3O2/c1-9-15-11(5-12(16-9)18-4)17-7-10(6-14)19-13(2,3)8-17/h5,10H,6-8H2,1-4H3. The Bertz CT molecular complexity index is 454. The molecule has 0 amide bonds. The fraction of sp³-hybridized carbons (Fsp3) is 0.692. The number of aromatic nitrogens is 2. The Balaban J connectivity index is 2.27. The number of hydrogen-bond acceptors (Lipinski definition) is 5. The predicted octanol–water partition coefficient (Wildman–Crippen LogP) is 2.17. The van der Waals surface area contributed by atoms with Crippen molar-refractivity contribution in [1.82, 2.24) is 9.97 Å². The molecule has 2 heterocycles. The summed E-state index contributed by atoms with van der Waals surface area (Å²) < 4.78 is 11.2. The van der Waals surface area contributed by atoms with Crippen LogP contribution in [0.25, 0.3) is 0 Å². The van der Waals surface area contributed by atoms with E-state index >= 15 is 0 Å². The molecule has 0 aromatic carbocycles. The van der Waals surface area contributed by atoms with E-state index in [2.05, 4.69) is 44.6 Å². The zero-order chi connectivity index (χ0) is 14.0. The SMILES string of the molecule is COc1cc(N2CC(CBr)OC(C)(C)C2)nc(C)n1. The summed E-state index contributed by atoms with van der Waals surface area (Å²) >= 11 is 3.50. The van der Waals surface area contributed by atoms with Crippen LogP contribution in [0.5, 0.6) is 5.88 Å². The average Bonchev–Trinajstić information content (AvgIpc) is 2.36. The van der Waals surface area contributed by atoms with Crippen LogP contribution in [0, 0.1) is 6.92 Å². The molecule has 0 radical (unpaired) electrons. The van der Waals surface area contributed by atoms with Gasteiger partial charge in [-0.05, 0) is 20.8 Å². The van der Waals surface area contributed by atoms with Crippen molar-refractivity contribution < 1.29 is 9.47 Å². The first-order valence-corrected chi connectivity index (χ1v) is 7.44. The molecule has 5 nitrogen and oxygen atoms in total. The minimum Gasteiger partial charge on any atom is -0.481 e. The third-order valence-electron chi connectivity index (χ3n) is 2.99. The number of anilines is 1. The Hall–Kier alpha value is -0.880. The van der Waals surface area contributed by atoms with E-state index in [4.69, 9.17) is 9.47 Å². The van der Waals surface area contributed by atoms with Gasteiger partial charge in [-0.3, -0.25) is 0 Å². The monoisotopic (exact) mass is 329 g/mol. The summed E-state index contributed by atoms with van der Waals surface area (Å²) in [5.74, 6) is 2.21. The Morgan fingerprint density at radius 3 is 2.89 bits per heavy atom. The molecule has 0 bridgehead atoms. The smallest absolute Gasteiger partial charge is 0.218 e. The van der Waals surface area contributed by atoms with E-state index < -0.39 is 0 Å². The lowest BCUT2D eigenvalue weighted by atomic mass is 10.1. The summed E-state index contributed by atoms with van der Waals surface area (Å²) in [6.07, 6.45) is 0.157. The van der Waals surface area contributed by atoms with Crippen molar-refractivity contribution in [2.45, 2.75) is 32.5 Å². The number of ether oxygens (including phenoxy) is 2. The van der Waals surface area contributed by atoms with Gasteiger partial charge in [0.05, 0.1) is 18.8 Å². The number of halogens is 1. The van der Waals surface area contributed by atoms with Crippen LogP contribution in [0.4, 0.5) is 5.82 Å². The lowest BCUT2D eigenvalue weighted by Crippen LogP contribution is -2.53. The quantitative estimate of drug-likeness (QED) is 0.795. The zero-order valence-corrected chi connectivity index (χ0v) is 13.4. The molecule has 0 aliphatic carbocycles. The van der Waals surface area contributed by atoms with E-state index in [1.165, 1.54) is 0 Å². The number of rotatable bonds is 3. The molecule has 0 spiro atoms. The van der Waals surface area contributed by atoms with E-state index in [1.54, 1.807) is 7.11 Å². The van der Waals surface area contributed by atoms with Crippen LogP contribution >= 0.6 is 15.9 Å². The van der Waals surface area contributed by atoms with E-state index in [0.717, 1.165) is 24.2 Å². The second-order valence-corrected chi connectivity index (χ2v) is 6.00. The van der Waals surface area contributed by atoms with Gasteiger partial charge < -0.3 is 14.4 Å². The lowest BCUT2D eigenvalue weighted by Gasteiger charge is -2.43. The maximum atomic E-state index is 6.00. The number of methoxy groups -OCH3 is 1. The van der Waals surface area contributed by atoms with Crippen molar-refractivity contribution in [2.75, 3.05) is 30.4 Å². The molecular weight excluding hydrogens is 310 g/mol. The van der Waals surface area contributed by atoms with Crippen molar-refractivity contribution in [3.05, 3.63) is 11.9 Å². The van der Waals surface area contributed by atoms with Crippen LogP contribution in [0.1, 0.15) is 19.7 Å². The Morgan fingerprint density at radius 2 is 2.26 bits per heavy atom. The largest absolute Gasteiger partial charge is 0.481 e. The molecule has 19 heavy (non-hydrogen) atoms. The third-order valence-corrected chi connectivity index (χ3v) is 3.71. The minimum absolute atomic E-state index is 0.157. The van der Waals surface area contributed by atoms with Gasteiger partial charge in [0.25, 0.3) is 0 Å². The molecule has 6 heteroatoms. The highest BCUT2D eigenvalue weighted by molar-refractivity contribution is 9.09. The molecule has 2 rings (SSSR count). The van der Waals surface area contributed by atoms with Crippen LogP contribution < -0.4 is 9.64 Å². The third kappa shape index (κ3) is 3.57. The van der Waals surface area contributed by atoms with Gasteiger partial charge in [-0.25, -0.2) is 4.98 Å². The van der Waals surface area contributed by atoms with Gasteiger partial charge >= 0.3 is 0 Å². The maximum absolute atomic E-state index is 6.00. The predicted molar refractivity (Wildman–Crippen MR) is 78.3 cm³/mol. The summed E-state index contributed by atoms with van der Waals surface area (Å²) in [4.78, 5) is 11.0. The van der Waals surface area contributed by atoms with E-state index in [1.807, 2.05) is 13.0 Å². The highest BCUT2D eigenvalue weighted by Gasteiger charge is 2.33. The Kier molecular flexibility index (Phi) is 4.30. The Morgan fingerprint density at radius 1 is 1.53 bits per heavy atom. The van der Waals surface area contributed by atoms with Crippen molar-refractivity contribution in [2.24, 2.45) is 0 Å². The summed E-state index contributed by atoms with van der Waals surface area (Å²) in [6.45, 7) is 7.68. The van der Waals surface area contributed by atoms with Crippen molar-refractivity contribution >= 4 is 21.7 Å². The lowest BCUT2D eigenvalue weighted by molar-refractivity contribution is -0.0726. The number of hydrogen-bond donors (Lipinski definition) is 0. The van der Waals surface area contributed by atoms with Crippen molar-refractivity contribution in [3.8, 4) is 5.88 Å². The summed E-state index contributed by atoms with van der Waals surface area (Å²) in [5.41, 5.74) is -0.192. The number of nitrogens with zero attached hydrogens (tertiary/aromatic N) is 3. The maximum Gasteiger partial charge on any atom is 0.218 e. The molecule has 1 unspecified atom stereocenters. The van der Waals surface area contributed by atoms with Crippen LogP contribution in [-0.4, -0.2) is 47.2 Å². The molecule has 1 saturated heterocycles. The molecule has 1 fully saturated rings. The van der Waals surface area contributed by atoms with Gasteiger partial charge in [-0.15, -0.1) is 0 Å². The first-order chi connectivity index (χ1) is 8.93. The zero-order valence-electron chi connectivity index (χ0n) is 11.8. The molecule has 1 aromatic heterocycles. The molecule has 106 valence electrons. The van der Waals surface area contributed by atoms with Crippen molar-refractivity contribution in [1.29, 1.82) is 0 Å². The highest BCUT2D eigenvalue weighted by Crippen LogP contribution is 2.27. The average molecular weight is 330 g/mol. The minimum atomic E-state index is -0.192. The fourth-order valence-corrected chi connectivity index (χ4v) is 2.68. The van der Waals surface area contributed by atoms with Crippen molar-refractivity contribution in [3.63, 3.8) is 0 Å². The van der Waals surface area contributed by atoms with Gasteiger partial charge in [0.2, 0.25) is 5.88 Å². The highest BCUT2D eigenvalue weighted by atomic mass is 79.9. The number of alkyl halides is 1. The number of aryl methyl sites for hydroxylation is 1. The molecular formula is C13H20BrN3O2. The molecule has 1 aliphatic heterocycles. The molecule has 1 aromatic rings. The van der Waals surface area contributed by atoms with Crippen LogP contribution in [0.15, 0.2) is 6.07 Å². The second kappa shape index (κ2) is 5.63. The van der Waals surface area contributed by atoms with E-state index in [0.29, 0.717) is 11.7 Å². The first kappa shape index (κ1) is 14.5. The van der Waals surface area contributed by atoms with E-state index in [-0.39, 0.29) is 11.7 Å².